The van der Waals surface area contributed by atoms with E-state index in [1.54, 1.807) is 0 Å². The van der Waals surface area contributed by atoms with Gasteiger partial charge in [0.05, 0.1) is 10.9 Å². The van der Waals surface area contributed by atoms with Crippen LogP contribution in [0.1, 0.15) is 25.8 Å². The topological polar surface area (TPSA) is 69.7 Å². The highest BCUT2D eigenvalue weighted by molar-refractivity contribution is 7.89. The van der Waals surface area contributed by atoms with E-state index in [0.29, 0.717) is 13.1 Å². The Hall–Kier alpha value is -2.29. The molecule has 31 heavy (non-hydrogen) atoms. The summed E-state index contributed by atoms with van der Waals surface area (Å²) in [5, 5.41) is 3.07. The van der Waals surface area contributed by atoms with Crippen LogP contribution >= 0.6 is 0 Å². The summed E-state index contributed by atoms with van der Waals surface area (Å²) in [6, 6.07) is 14.9. The molecule has 0 spiro atoms. The fourth-order valence-electron chi connectivity index (χ4n) is 3.74. The van der Waals surface area contributed by atoms with E-state index >= 15 is 0 Å². The lowest BCUT2D eigenvalue weighted by Gasteiger charge is -2.37. The van der Waals surface area contributed by atoms with Crippen LogP contribution in [0.2, 0.25) is 0 Å². The van der Waals surface area contributed by atoms with Crippen molar-refractivity contribution in [3.8, 4) is 0 Å². The Morgan fingerprint density at radius 3 is 2.35 bits per heavy atom. The Labute approximate surface area is 184 Å². The number of rotatable bonds is 8. The van der Waals surface area contributed by atoms with Gasteiger partial charge < -0.3 is 5.32 Å². The molecule has 1 aliphatic rings. The summed E-state index contributed by atoms with van der Waals surface area (Å²) in [7, 11) is -3.74. The van der Waals surface area contributed by atoms with Gasteiger partial charge in [0, 0.05) is 32.2 Å². The molecule has 0 radical (unpaired) electrons. The average molecular weight is 448 g/mol. The smallest absolute Gasteiger partial charge is 0.243 e. The van der Waals surface area contributed by atoms with Gasteiger partial charge in [-0.05, 0) is 50.5 Å². The number of aryl methyl sites for hydroxylation is 1. The second kappa shape index (κ2) is 10.3. The standard InChI is InChI=1S/C23H30FN3O3S/c1-18(11-12-20-7-4-3-5-8-20)25-23(28)19(2)26-13-15-27(16-14-26)31(29,30)22-10-6-9-21(24)17-22/h3-10,17-19H,11-16H2,1-2H3,(H,25,28)/t18-,19-/m1/s1. The molecule has 8 heteroatoms. The van der Waals surface area contributed by atoms with E-state index in [-0.39, 0.29) is 36.0 Å². The molecule has 0 unspecified atom stereocenters. The SMILES string of the molecule is C[C@H](CCc1ccccc1)NC(=O)[C@@H](C)N1CCN(S(=O)(=O)c2cccc(F)c2)CC1. The third-order valence-corrected chi connectivity index (χ3v) is 7.63. The lowest BCUT2D eigenvalue weighted by Crippen LogP contribution is -2.55. The number of piperazine rings is 1. The summed E-state index contributed by atoms with van der Waals surface area (Å²) in [5.74, 6) is -0.631. The van der Waals surface area contributed by atoms with E-state index in [9.17, 15) is 17.6 Å². The third kappa shape index (κ3) is 6.12. The first-order valence-electron chi connectivity index (χ1n) is 10.6. The Morgan fingerprint density at radius 1 is 1.03 bits per heavy atom. The quantitative estimate of drug-likeness (QED) is 0.676. The number of halogens is 1. The highest BCUT2D eigenvalue weighted by Crippen LogP contribution is 2.19. The second-order valence-corrected chi connectivity index (χ2v) is 9.95. The second-order valence-electron chi connectivity index (χ2n) is 8.01. The molecule has 0 aromatic heterocycles. The molecule has 168 valence electrons. The average Bonchev–Trinajstić information content (AvgIpc) is 2.78. The molecule has 1 fully saturated rings. The number of nitrogens with zero attached hydrogens (tertiary/aromatic N) is 2. The summed E-state index contributed by atoms with van der Waals surface area (Å²) in [4.78, 5) is 14.6. The Bertz CT molecular complexity index is 977. The van der Waals surface area contributed by atoms with Crippen LogP contribution in [0.3, 0.4) is 0 Å². The van der Waals surface area contributed by atoms with Crippen molar-refractivity contribution in [2.75, 3.05) is 26.2 Å². The van der Waals surface area contributed by atoms with Crippen LogP contribution in [0, 0.1) is 5.82 Å². The van der Waals surface area contributed by atoms with Gasteiger partial charge in [-0.1, -0.05) is 36.4 Å². The number of carbonyl (C=O) groups is 1. The monoisotopic (exact) mass is 447 g/mol. The van der Waals surface area contributed by atoms with Crippen molar-refractivity contribution in [2.24, 2.45) is 0 Å². The first-order chi connectivity index (χ1) is 14.8. The molecule has 1 aliphatic heterocycles. The van der Waals surface area contributed by atoms with Gasteiger partial charge in [-0.2, -0.15) is 4.31 Å². The fourth-order valence-corrected chi connectivity index (χ4v) is 5.19. The van der Waals surface area contributed by atoms with Crippen LogP contribution in [0.4, 0.5) is 4.39 Å². The number of hydrogen-bond donors (Lipinski definition) is 1. The number of sulfonamides is 1. The third-order valence-electron chi connectivity index (χ3n) is 5.73. The first-order valence-corrected chi connectivity index (χ1v) is 12.1. The number of nitrogens with one attached hydrogen (secondary N) is 1. The molecular formula is C23H30FN3O3S. The van der Waals surface area contributed by atoms with Crippen molar-refractivity contribution in [1.29, 1.82) is 0 Å². The molecule has 2 atom stereocenters. The molecule has 1 saturated heterocycles. The van der Waals surface area contributed by atoms with Crippen LogP contribution in [0.5, 0.6) is 0 Å². The fraction of sp³-hybridized carbons (Fsp3) is 0.435. The Morgan fingerprint density at radius 2 is 1.71 bits per heavy atom. The predicted octanol–water partition coefficient (Wildman–Crippen LogP) is 2.66. The Kier molecular flexibility index (Phi) is 7.80. The summed E-state index contributed by atoms with van der Waals surface area (Å²) in [5.41, 5.74) is 1.24. The maximum Gasteiger partial charge on any atom is 0.243 e. The summed E-state index contributed by atoms with van der Waals surface area (Å²) in [6.07, 6.45) is 1.75. The maximum atomic E-state index is 13.4. The lowest BCUT2D eigenvalue weighted by atomic mass is 10.1. The summed E-state index contributed by atoms with van der Waals surface area (Å²) < 4.78 is 40.3. The molecule has 1 amide bonds. The molecule has 1 heterocycles. The number of hydrogen-bond acceptors (Lipinski definition) is 4. The predicted molar refractivity (Wildman–Crippen MR) is 119 cm³/mol. The van der Waals surface area contributed by atoms with Crippen LogP contribution in [0.25, 0.3) is 0 Å². The van der Waals surface area contributed by atoms with Crippen molar-refractivity contribution in [3.05, 3.63) is 66.0 Å². The van der Waals surface area contributed by atoms with Crippen LogP contribution in [0.15, 0.2) is 59.5 Å². The van der Waals surface area contributed by atoms with Gasteiger partial charge in [0.1, 0.15) is 5.82 Å². The minimum Gasteiger partial charge on any atom is -0.352 e. The van der Waals surface area contributed by atoms with E-state index < -0.39 is 15.8 Å². The van der Waals surface area contributed by atoms with Crippen molar-refractivity contribution in [1.82, 2.24) is 14.5 Å². The highest BCUT2D eigenvalue weighted by atomic mass is 32.2. The van der Waals surface area contributed by atoms with Crippen LogP contribution in [-0.2, 0) is 21.2 Å². The van der Waals surface area contributed by atoms with E-state index in [4.69, 9.17) is 0 Å². The van der Waals surface area contributed by atoms with E-state index in [1.807, 2.05) is 36.9 Å². The van der Waals surface area contributed by atoms with Crippen molar-refractivity contribution >= 4 is 15.9 Å². The van der Waals surface area contributed by atoms with Crippen molar-refractivity contribution < 1.29 is 17.6 Å². The minimum atomic E-state index is -3.74. The van der Waals surface area contributed by atoms with Gasteiger partial charge in [0.15, 0.2) is 0 Å². The van der Waals surface area contributed by atoms with Gasteiger partial charge in [0.25, 0.3) is 0 Å². The lowest BCUT2D eigenvalue weighted by molar-refractivity contribution is -0.127. The van der Waals surface area contributed by atoms with Crippen molar-refractivity contribution in [2.45, 2.75) is 43.7 Å². The zero-order chi connectivity index (χ0) is 22.4. The largest absolute Gasteiger partial charge is 0.352 e. The zero-order valence-electron chi connectivity index (χ0n) is 18.0. The molecule has 6 nitrogen and oxygen atoms in total. The molecular weight excluding hydrogens is 417 g/mol. The molecule has 0 aliphatic carbocycles. The molecule has 0 saturated carbocycles. The van der Waals surface area contributed by atoms with E-state index in [1.165, 1.54) is 28.1 Å². The van der Waals surface area contributed by atoms with E-state index in [0.717, 1.165) is 18.9 Å². The van der Waals surface area contributed by atoms with Gasteiger partial charge in [-0.3, -0.25) is 9.69 Å². The molecule has 2 aromatic rings. The maximum absolute atomic E-state index is 13.4. The van der Waals surface area contributed by atoms with Gasteiger partial charge in [-0.15, -0.1) is 0 Å². The van der Waals surface area contributed by atoms with Crippen LogP contribution in [-0.4, -0.2) is 61.8 Å². The Balaban J connectivity index is 1.49. The molecule has 3 rings (SSSR count). The van der Waals surface area contributed by atoms with Crippen LogP contribution < -0.4 is 5.32 Å². The van der Waals surface area contributed by atoms with Gasteiger partial charge >= 0.3 is 0 Å². The molecule has 1 N–H and O–H groups in total. The molecule has 2 aromatic carbocycles. The van der Waals surface area contributed by atoms with Crippen molar-refractivity contribution in [3.63, 3.8) is 0 Å². The van der Waals surface area contributed by atoms with Gasteiger partial charge in [0.2, 0.25) is 15.9 Å². The highest BCUT2D eigenvalue weighted by Gasteiger charge is 2.32. The zero-order valence-corrected chi connectivity index (χ0v) is 18.8. The van der Waals surface area contributed by atoms with E-state index in [2.05, 4.69) is 17.4 Å². The first kappa shape index (κ1) is 23.4. The number of amides is 1. The summed E-state index contributed by atoms with van der Waals surface area (Å²) in [6.45, 7) is 5.26. The summed E-state index contributed by atoms with van der Waals surface area (Å²) >= 11 is 0. The normalized spacial score (nSPS) is 17.8. The number of carbonyl (C=O) groups excluding carboxylic acids is 1. The minimum absolute atomic E-state index is 0.0426. The molecule has 0 bridgehead atoms. The van der Waals surface area contributed by atoms with Gasteiger partial charge in [-0.25, -0.2) is 12.8 Å². The number of benzene rings is 2.